The van der Waals surface area contributed by atoms with Crippen LogP contribution in [-0.2, 0) is 10.7 Å². The Labute approximate surface area is 292 Å². The van der Waals surface area contributed by atoms with Gasteiger partial charge in [0.15, 0.2) is 11.9 Å². The number of anilines is 1. The number of aliphatic hydroxyl groups excluding tert-OH is 1. The zero-order chi connectivity index (χ0) is 37.5. The van der Waals surface area contributed by atoms with Crippen molar-refractivity contribution in [1.82, 2.24) is 24.7 Å². The molecule has 0 aliphatic heterocycles. The van der Waals surface area contributed by atoms with E-state index in [4.69, 9.17) is 14.6 Å². The zero-order valence-electron chi connectivity index (χ0n) is 27.3. The van der Waals surface area contributed by atoms with Crippen LogP contribution in [-0.4, -0.2) is 81.2 Å². The summed E-state index contributed by atoms with van der Waals surface area (Å²) in [5.74, 6) is -3.40. The number of hydrogen-bond acceptors (Lipinski definition) is 10. The molecule has 1 aromatic carbocycles. The summed E-state index contributed by atoms with van der Waals surface area (Å²) in [4.78, 5) is 14.2. The Morgan fingerprint density at radius 3 is 2.35 bits per heavy atom. The molecule has 4 rings (SSSR count). The Morgan fingerprint density at radius 1 is 0.922 bits per heavy atom. The first-order valence-corrected chi connectivity index (χ1v) is 16.3. The molecule has 19 heteroatoms. The number of aromatic nitrogens is 5. The van der Waals surface area contributed by atoms with Gasteiger partial charge >= 0.3 is 12.4 Å². The van der Waals surface area contributed by atoms with Crippen LogP contribution in [0.1, 0.15) is 32.3 Å². The van der Waals surface area contributed by atoms with Gasteiger partial charge in [-0.05, 0) is 50.8 Å². The van der Waals surface area contributed by atoms with Crippen molar-refractivity contribution in [2.45, 2.75) is 56.1 Å². The predicted octanol–water partition coefficient (Wildman–Crippen LogP) is 6.98. The maximum Gasteiger partial charge on any atom is 0.414 e. The smallest absolute Gasteiger partial charge is 0.414 e. The topological polar surface area (TPSA) is 124 Å². The first kappa shape index (κ1) is 39.7. The number of benzene rings is 1. The van der Waals surface area contributed by atoms with Gasteiger partial charge in [-0.3, -0.25) is 10.1 Å². The normalized spacial score (nSPS) is 13.3. The first-order chi connectivity index (χ1) is 23.9. The van der Waals surface area contributed by atoms with Gasteiger partial charge in [0, 0.05) is 55.5 Å². The Morgan fingerprint density at radius 2 is 1.65 bits per heavy atom. The molecule has 0 bridgehead atoms. The first-order valence-electron chi connectivity index (χ1n) is 15.4. The minimum Gasteiger partial charge on any atom is -0.476 e. The van der Waals surface area contributed by atoms with Crippen molar-refractivity contribution in [1.29, 1.82) is 0 Å². The highest BCUT2D eigenvalue weighted by Gasteiger charge is 2.48. The van der Waals surface area contributed by atoms with E-state index in [1.807, 2.05) is 0 Å². The van der Waals surface area contributed by atoms with Gasteiger partial charge in [-0.1, -0.05) is 30.3 Å². The Bertz CT molecular complexity index is 1720. The number of alkyl halides is 8. The van der Waals surface area contributed by atoms with E-state index in [0.29, 0.717) is 10.8 Å². The van der Waals surface area contributed by atoms with Gasteiger partial charge in [-0.2, -0.15) is 35.1 Å². The summed E-state index contributed by atoms with van der Waals surface area (Å²) in [6, 6.07) is 11.6. The van der Waals surface area contributed by atoms with Crippen molar-refractivity contribution in [2.75, 3.05) is 37.8 Å². The van der Waals surface area contributed by atoms with Crippen molar-refractivity contribution in [2.24, 2.45) is 10.6 Å². The van der Waals surface area contributed by atoms with Crippen LogP contribution in [0, 0.1) is 5.41 Å². The largest absolute Gasteiger partial charge is 0.476 e. The fourth-order valence-corrected chi connectivity index (χ4v) is 4.90. The molecule has 0 aliphatic rings. The third-order valence-electron chi connectivity index (χ3n) is 7.59. The van der Waals surface area contributed by atoms with Crippen LogP contribution in [0.5, 0.6) is 5.88 Å². The van der Waals surface area contributed by atoms with Crippen LogP contribution >= 0.6 is 11.9 Å². The molecule has 3 aromatic heterocycles. The number of nitrogens with zero attached hydrogens (tertiary/aromatic N) is 6. The van der Waals surface area contributed by atoms with Crippen LogP contribution < -0.4 is 14.8 Å². The van der Waals surface area contributed by atoms with E-state index >= 15 is 8.78 Å². The monoisotopic (exact) mass is 749 g/mol. The maximum absolute atomic E-state index is 15.7. The molecular weight excluding hydrogens is 714 g/mol. The lowest BCUT2D eigenvalue weighted by Crippen LogP contribution is -2.37. The second-order valence-electron chi connectivity index (χ2n) is 11.9. The van der Waals surface area contributed by atoms with Crippen LogP contribution in [0.4, 0.5) is 40.9 Å². The molecule has 278 valence electrons. The van der Waals surface area contributed by atoms with Crippen LogP contribution in [0.15, 0.2) is 72.1 Å². The lowest BCUT2D eigenvalue weighted by atomic mass is 9.94. The maximum atomic E-state index is 15.7. The summed E-state index contributed by atoms with van der Waals surface area (Å²) in [6.07, 6.45) is -8.48. The SMILES string of the molecule is CC(C)(COc1ccn(-c2nccnc2-c2ccccc2C(F)(F)COCCCN(CCC(O)C(F)(F)F)c2cccc(SN)n2)n1)C(F)(F)F. The van der Waals surface area contributed by atoms with Gasteiger partial charge in [0.1, 0.15) is 29.8 Å². The Kier molecular flexibility index (Phi) is 12.9. The van der Waals surface area contributed by atoms with Gasteiger partial charge < -0.3 is 19.5 Å². The van der Waals surface area contributed by atoms with Crippen molar-refractivity contribution in [3.05, 3.63) is 72.7 Å². The minimum atomic E-state index is -4.81. The number of pyridine rings is 1. The van der Waals surface area contributed by atoms with E-state index in [9.17, 15) is 31.4 Å². The van der Waals surface area contributed by atoms with E-state index in [0.717, 1.165) is 30.5 Å². The molecule has 1 unspecified atom stereocenters. The number of nitrogens with two attached hydrogens (primary N) is 1. The average Bonchev–Trinajstić information content (AvgIpc) is 3.56. The second kappa shape index (κ2) is 16.5. The third-order valence-corrected chi connectivity index (χ3v) is 8.06. The van der Waals surface area contributed by atoms with E-state index in [1.165, 1.54) is 53.8 Å². The molecule has 4 aromatic rings. The summed E-state index contributed by atoms with van der Waals surface area (Å²) in [6.45, 7) is -0.163. The summed E-state index contributed by atoms with van der Waals surface area (Å²) in [5, 5.41) is 19.6. The number of aliphatic hydroxyl groups is 1. The number of rotatable bonds is 17. The fourth-order valence-electron chi connectivity index (χ4n) is 4.60. The minimum absolute atomic E-state index is 0.0000976. The molecule has 0 aliphatic carbocycles. The van der Waals surface area contributed by atoms with Crippen molar-refractivity contribution >= 4 is 17.8 Å². The highest BCUT2D eigenvalue weighted by atomic mass is 32.2. The summed E-state index contributed by atoms with van der Waals surface area (Å²) in [5.41, 5.74) is -2.62. The van der Waals surface area contributed by atoms with Crippen LogP contribution in [0.3, 0.4) is 0 Å². The molecule has 0 saturated carbocycles. The predicted molar refractivity (Wildman–Crippen MR) is 172 cm³/mol. The number of hydrogen-bond donors (Lipinski definition) is 2. The summed E-state index contributed by atoms with van der Waals surface area (Å²) in [7, 11) is 0. The Hall–Kier alpha value is -4.07. The highest BCUT2D eigenvalue weighted by molar-refractivity contribution is 7.97. The molecule has 3 N–H and O–H groups in total. The summed E-state index contributed by atoms with van der Waals surface area (Å²) >= 11 is 0.837. The summed E-state index contributed by atoms with van der Waals surface area (Å²) < 4.78 is 122. The lowest BCUT2D eigenvalue weighted by molar-refractivity contribution is -0.219. The zero-order valence-corrected chi connectivity index (χ0v) is 28.2. The van der Waals surface area contributed by atoms with Gasteiger partial charge in [0.25, 0.3) is 5.92 Å². The van der Waals surface area contributed by atoms with E-state index < -0.39 is 55.0 Å². The Balaban J connectivity index is 1.44. The van der Waals surface area contributed by atoms with Crippen molar-refractivity contribution < 1.29 is 49.7 Å². The molecule has 3 heterocycles. The average molecular weight is 750 g/mol. The standard InChI is InChI=1S/C32H35F8N7O3S/c1-29(2,32(38,39)40)19-50-25-12-17-47(45-25)28-27(42-13-14-43-28)21-7-3-4-8-22(21)30(33,34)20-49-18-6-15-46(16-11-23(48)31(35,36)37)24-9-5-10-26(44-24)51-41/h3-5,7-10,12-14,17,23,48H,6,11,15-16,18-20,41H2,1-2H3. The molecule has 1 atom stereocenters. The van der Waals surface area contributed by atoms with Crippen LogP contribution in [0.2, 0.25) is 0 Å². The van der Waals surface area contributed by atoms with Gasteiger partial charge in [0.2, 0.25) is 5.88 Å². The fraction of sp³-hybridized carbons (Fsp3) is 0.438. The van der Waals surface area contributed by atoms with Gasteiger partial charge in [-0.15, -0.1) is 5.10 Å². The third kappa shape index (κ3) is 10.5. The molecule has 0 amide bonds. The van der Waals surface area contributed by atoms with Crippen LogP contribution in [0.25, 0.3) is 17.1 Å². The van der Waals surface area contributed by atoms with E-state index in [-0.39, 0.29) is 49.1 Å². The molecule has 0 radical (unpaired) electrons. The second-order valence-corrected chi connectivity index (χ2v) is 12.6. The molecule has 0 fully saturated rings. The molecule has 0 saturated heterocycles. The molecule has 0 spiro atoms. The molecular formula is C32H35F8N7O3S. The van der Waals surface area contributed by atoms with E-state index in [1.54, 1.807) is 18.2 Å². The quantitative estimate of drug-likeness (QED) is 0.0664. The van der Waals surface area contributed by atoms with E-state index in [2.05, 4.69) is 20.1 Å². The highest BCUT2D eigenvalue weighted by Crippen LogP contribution is 2.39. The number of halogens is 8. The van der Waals surface area contributed by atoms with Gasteiger partial charge in [-0.25, -0.2) is 14.6 Å². The molecule has 10 nitrogen and oxygen atoms in total. The molecule has 51 heavy (non-hydrogen) atoms. The lowest BCUT2D eigenvalue weighted by Gasteiger charge is -2.26. The van der Waals surface area contributed by atoms with Gasteiger partial charge in [0.05, 0.1) is 5.41 Å². The van der Waals surface area contributed by atoms with Crippen molar-refractivity contribution in [3.63, 3.8) is 0 Å². The van der Waals surface area contributed by atoms with Crippen molar-refractivity contribution in [3.8, 4) is 23.0 Å². The number of ether oxygens (including phenoxy) is 2.